The van der Waals surface area contributed by atoms with E-state index in [-0.39, 0.29) is 11.5 Å². The summed E-state index contributed by atoms with van der Waals surface area (Å²) in [6.45, 7) is 2.66. The number of carbonyl (C=O) groups is 2. The molecule has 0 aliphatic carbocycles. The number of imidazole rings is 1. The number of fused-ring (bicyclic) bond motifs is 1. The summed E-state index contributed by atoms with van der Waals surface area (Å²) < 4.78 is 7.49. The lowest BCUT2D eigenvalue weighted by molar-refractivity contribution is -0.125. The molecule has 3 N–H and O–H groups in total. The molecule has 1 saturated heterocycles. The number of hydrogen-bond donors (Lipinski definition) is 3. The van der Waals surface area contributed by atoms with E-state index in [2.05, 4.69) is 15.9 Å². The van der Waals surface area contributed by atoms with E-state index in [1.54, 1.807) is 22.8 Å². The second kappa shape index (κ2) is 8.97. The highest BCUT2D eigenvalue weighted by Gasteiger charge is 2.29. The summed E-state index contributed by atoms with van der Waals surface area (Å²) in [4.78, 5) is 33.3. The summed E-state index contributed by atoms with van der Waals surface area (Å²) in [5.41, 5.74) is 9.85. The molecule has 2 heterocycles. The minimum absolute atomic E-state index is 0.172. The zero-order valence-electron chi connectivity index (χ0n) is 18.3. The number of carboxylic acids is 1. The Morgan fingerprint density at radius 1 is 1.12 bits per heavy atom. The lowest BCUT2D eigenvalue weighted by Gasteiger charge is -2.14. The zero-order chi connectivity index (χ0) is 23.7. The van der Waals surface area contributed by atoms with Gasteiger partial charge < -0.3 is 9.84 Å². The van der Waals surface area contributed by atoms with Gasteiger partial charge in [0.1, 0.15) is 6.04 Å². The van der Waals surface area contributed by atoms with E-state index in [4.69, 9.17) is 9.68 Å². The van der Waals surface area contributed by atoms with Crippen molar-refractivity contribution in [2.75, 3.05) is 6.61 Å². The SMILES string of the molecule is CCOc1nc2cccc(C(=O)O)c2n1Cc1ccc(-c2ccccc2C2NONC2=O)cc1. The van der Waals surface area contributed by atoms with Gasteiger partial charge in [0.2, 0.25) is 0 Å². The average Bonchev–Trinajstić information content (AvgIpc) is 3.43. The van der Waals surface area contributed by atoms with E-state index in [1.807, 2.05) is 55.5 Å². The first-order chi connectivity index (χ1) is 16.6. The Bertz CT molecular complexity index is 1380. The zero-order valence-corrected chi connectivity index (χ0v) is 18.3. The molecule has 1 unspecified atom stereocenters. The molecule has 1 aliphatic heterocycles. The molecule has 5 rings (SSSR count). The summed E-state index contributed by atoms with van der Waals surface area (Å²) in [7, 11) is 0. The predicted octanol–water partition coefficient (Wildman–Crippen LogP) is 3.46. The maximum absolute atomic E-state index is 12.1. The second-order valence-electron chi connectivity index (χ2n) is 7.80. The Balaban J connectivity index is 1.50. The van der Waals surface area contributed by atoms with Crippen molar-refractivity contribution in [2.24, 2.45) is 0 Å². The van der Waals surface area contributed by atoms with E-state index in [1.165, 1.54) is 0 Å². The number of rotatable bonds is 7. The van der Waals surface area contributed by atoms with Gasteiger partial charge in [-0.1, -0.05) is 54.6 Å². The van der Waals surface area contributed by atoms with Crippen molar-refractivity contribution in [1.29, 1.82) is 0 Å². The molecule has 0 spiro atoms. The van der Waals surface area contributed by atoms with Gasteiger partial charge in [0, 0.05) is 0 Å². The van der Waals surface area contributed by atoms with Crippen molar-refractivity contribution in [1.82, 2.24) is 20.5 Å². The summed E-state index contributed by atoms with van der Waals surface area (Å²) in [5, 5.41) is 9.69. The predicted molar refractivity (Wildman–Crippen MR) is 124 cm³/mol. The molecular weight excluding hydrogens is 436 g/mol. The number of ether oxygens (including phenoxy) is 1. The van der Waals surface area contributed by atoms with Gasteiger partial charge in [-0.15, -0.1) is 0 Å². The Kier molecular flexibility index (Phi) is 5.70. The maximum atomic E-state index is 12.1. The number of carbonyl (C=O) groups excluding carboxylic acids is 1. The van der Waals surface area contributed by atoms with Crippen LogP contribution in [0.2, 0.25) is 0 Å². The highest BCUT2D eigenvalue weighted by molar-refractivity contribution is 6.01. The largest absolute Gasteiger partial charge is 0.478 e. The number of benzene rings is 3. The van der Waals surface area contributed by atoms with Crippen molar-refractivity contribution in [3.8, 4) is 17.1 Å². The Morgan fingerprint density at radius 3 is 2.62 bits per heavy atom. The standard InChI is InChI=1S/C25H22N4O5/c1-2-33-25-26-20-9-5-8-19(24(31)32)22(20)29(25)14-15-10-12-16(13-11-15)17-6-3-4-7-18(17)21-23(30)28-34-27-21/h3-13,21,27H,2,14H2,1H3,(H,28,30)(H,31,32). The fourth-order valence-electron chi connectivity index (χ4n) is 4.16. The lowest BCUT2D eigenvalue weighted by atomic mass is 9.94. The van der Waals surface area contributed by atoms with Crippen molar-refractivity contribution >= 4 is 22.9 Å². The Hall–Kier alpha value is -4.21. The number of nitrogens with one attached hydrogen (secondary N) is 2. The second-order valence-corrected chi connectivity index (χ2v) is 7.80. The fourth-order valence-corrected chi connectivity index (χ4v) is 4.16. The van der Waals surface area contributed by atoms with E-state index in [9.17, 15) is 14.7 Å². The lowest BCUT2D eigenvalue weighted by Crippen LogP contribution is -2.19. The highest BCUT2D eigenvalue weighted by Crippen LogP contribution is 2.31. The number of hydrogen-bond acceptors (Lipinski definition) is 6. The van der Waals surface area contributed by atoms with Crippen LogP contribution in [0, 0.1) is 0 Å². The number of aromatic carboxylic acids is 1. The number of nitrogens with zero attached hydrogens (tertiary/aromatic N) is 2. The third kappa shape index (κ3) is 3.87. The molecule has 0 bridgehead atoms. The van der Waals surface area contributed by atoms with Crippen molar-refractivity contribution in [2.45, 2.75) is 19.5 Å². The van der Waals surface area contributed by atoms with Gasteiger partial charge in [-0.05, 0) is 41.3 Å². The highest BCUT2D eigenvalue weighted by atomic mass is 16.8. The Labute approximate surface area is 194 Å². The molecule has 0 radical (unpaired) electrons. The van der Waals surface area contributed by atoms with Gasteiger partial charge >= 0.3 is 5.97 Å². The normalized spacial score (nSPS) is 15.4. The molecule has 34 heavy (non-hydrogen) atoms. The number of carboxylic acid groups (broad SMARTS) is 1. The molecule has 9 nitrogen and oxygen atoms in total. The van der Waals surface area contributed by atoms with Gasteiger partial charge in [-0.2, -0.15) is 15.4 Å². The summed E-state index contributed by atoms with van der Waals surface area (Å²) in [6, 6.07) is 20.3. The quantitative estimate of drug-likeness (QED) is 0.389. The van der Waals surface area contributed by atoms with Gasteiger partial charge in [0.05, 0.1) is 29.7 Å². The average molecular weight is 458 g/mol. The first-order valence-corrected chi connectivity index (χ1v) is 10.8. The minimum Gasteiger partial charge on any atom is -0.478 e. The van der Waals surface area contributed by atoms with Crippen LogP contribution in [0.4, 0.5) is 0 Å². The van der Waals surface area contributed by atoms with Crippen LogP contribution in [0.3, 0.4) is 0 Å². The van der Waals surface area contributed by atoms with Crippen LogP contribution in [0.25, 0.3) is 22.2 Å². The third-order valence-electron chi connectivity index (χ3n) is 5.70. The van der Waals surface area contributed by atoms with Crippen LogP contribution in [-0.4, -0.2) is 33.1 Å². The summed E-state index contributed by atoms with van der Waals surface area (Å²) >= 11 is 0. The van der Waals surface area contributed by atoms with E-state index in [0.29, 0.717) is 30.2 Å². The maximum Gasteiger partial charge on any atom is 0.337 e. The summed E-state index contributed by atoms with van der Waals surface area (Å²) in [6.07, 6.45) is 0. The third-order valence-corrected chi connectivity index (χ3v) is 5.70. The van der Waals surface area contributed by atoms with Gasteiger partial charge in [-0.3, -0.25) is 9.36 Å². The minimum atomic E-state index is -1.02. The topological polar surface area (TPSA) is 115 Å². The van der Waals surface area contributed by atoms with Gasteiger partial charge in [0.15, 0.2) is 0 Å². The molecule has 9 heteroatoms. The van der Waals surface area contributed by atoms with Crippen LogP contribution in [-0.2, 0) is 16.3 Å². The first kappa shape index (κ1) is 21.6. The van der Waals surface area contributed by atoms with Crippen LogP contribution in [0.5, 0.6) is 6.01 Å². The monoisotopic (exact) mass is 458 g/mol. The first-order valence-electron chi connectivity index (χ1n) is 10.8. The molecule has 172 valence electrons. The van der Waals surface area contributed by atoms with Crippen LogP contribution in [0.1, 0.15) is 34.5 Å². The Morgan fingerprint density at radius 2 is 1.91 bits per heavy atom. The van der Waals surface area contributed by atoms with Crippen molar-refractivity contribution < 1.29 is 24.4 Å². The molecular formula is C25H22N4O5. The van der Waals surface area contributed by atoms with Crippen LogP contribution in [0.15, 0.2) is 66.7 Å². The molecule has 1 atom stereocenters. The van der Waals surface area contributed by atoms with Crippen LogP contribution >= 0.6 is 0 Å². The number of hydroxylamine groups is 2. The molecule has 1 fully saturated rings. The molecule has 1 aliphatic rings. The smallest absolute Gasteiger partial charge is 0.337 e. The fraction of sp³-hybridized carbons (Fsp3) is 0.160. The molecule has 3 aromatic carbocycles. The van der Waals surface area contributed by atoms with E-state index in [0.717, 1.165) is 22.3 Å². The van der Waals surface area contributed by atoms with E-state index < -0.39 is 12.0 Å². The number of para-hydroxylation sites is 1. The van der Waals surface area contributed by atoms with E-state index >= 15 is 0 Å². The van der Waals surface area contributed by atoms with Crippen molar-refractivity contribution in [3.63, 3.8) is 0 Å². The van der Waals surface area contributed by atoms with Crippen molar-refractivity contribution in [3.05, 3.63) is 83.4 Å². The molecule has 0 saturated carbocycles. The molecule has 4 aromatic rings. The van der Waals surface area contributed by atoms with Gasteiger partial charge in [-0.25, -0.2) is 10.3 Å². The van der Waals surface area contributed by atoms with Crippen LogP contribution < -0.4 is 15.7 Å². The number of amides is 1. The number of aromatic nitrogens is 2. The molecule has 1 amide bonds. The van der Waals surface area contributed by atoms with Gasteiger partial charge in [0.25, 0.3) is 11.9 Å². The molecule has 1 aromatic heterocycles. The summed E-state index contributed by atoms with van der Waals surface area (Å²) in [5.74, 6) is -1.27.